The number of ether oxygens (including phenoxy) is 3. The molecule has 210 valence electrons. The third kappa shape index (κ3) is 6.24. The summed E-state index contributed by atoms with van der Waals surface area (Å²) in [6, 6.07) is 4.06. The number of nitrogen functional groups attached to an aromatic ring is 1. The minimum absolute atomic E-state index is 0.0529. The molecule has 1 saturated heterocycles. The van der Waals surface area contributed by atoms with Gasteiger partial charge in [-0.2, -0.15) is 13.2 Å². The Morgan fingerprint density at radius 1 is 1.26 bits per heavy atom. The monoisotopic (exact) mass is 551 g/mol. The number of hydrogen-bond donors (Lipinski definition) is 2. The predicted molar refractivity (Wildman–Crippen MR) is 136 cm³/mol. The summed E-state index contributed by atoms with van der Waals surface area (Å²) in [5.74, 6) is -0.115. The minimum atomic E-state index is -4.90. The van der Waals surface area contributed by atoms with Crippen LogP contribution < -0.4 is 20.5 Å². The standard InChI is InChI=1S/C26H29F4N5O4/c1-13(18-7-16(31)8-20(24(18)27)26(28,29)30)32-25-19-9-23(22(37-4)10-21(19)33-14(2)34-25)39-12-17-11-35(15(3)36)5-6-38-17/h7-10,13,17H,5-6,11-12,31H2,1-4H3,(H,32,33,34)/t13-,17-/m1/s1. The van der Waals surface area contributed by atoms with E-state index in [1.165, 1.54) is 21.0 Å². The van der Waals surface area contributed by atoms with Crippen LogP contribution in [0, 0.1) is 12.7 Å². The molecule has 2 atom stereocenters. The van der Waals surface area contributed by atoms with Crippen molar-refractivity contribution in [2.24, 2.45) is 0 Å². The molecule has 0 spiro atoms. The van der Waals surface area contributed by atoms with Crippen molar-refractivity contribution < 1.29 is 36.6 Å². The Labute approximate surface area is 222 Å². The lowest BCUT2D eigenvalue weighted by Crippen LogP contribution is -2.46. The van der Waals surface area contributed by atoms with Crippen molar-refractivity contribution in [3.63, 3.8) is 0 Å². The van der Waals surface area contributed by atoms with Gasteiger partial charge in [-0.25, -0.2) is 14.4 Å². The molecule has 0 saturated carbocycles. The van der Waals surface area contributed by atoms with Crippen molar-refractivity contribution >= 4 is 28.3 Å². The predicted octanol–water partition coefficient (Wildman–Crippen LogP) is 4.49. The Bertz CT molecular complexity index is 1380. The molecule has 1 aliphatic heterocycles. The molecule has 0 aliphatic carbocycles. The van der Waals surface area contributed by atoms with E-state index in [-0.39, 0.29) is 35.7 Å². The Morgan fingerprint density at radius 2 is 2.00 bits per heavy atom. The Kier molecular flexibility index (Phi) is 8.00. The lowest BCUT2D eigenvalue weighted by Gasteiger charge is -2.32. The van der Waals surface area contributed by atoms with Gasteiger partial charge in [0.15, 0.2) is 11.5 Å². The van der Waals surface area contributed by atoms with Crippen molar-refractivity contribution in [2.75, 3.05) is 44.5 Å². The number of morpholine rings is 1. The number of benzene rings is 2. The van der Waals surface area contributed by atoms with E-state index in [9.17, 15) is 22.4 Å². The van der Waals surface area contributed by atoms with Crippen LogP contribution in [-0.4, -0.2) is 60.3 Å². The molecular formula is C26H29F4N5O4. The van der Waals surface area contributed by atoms with E-state index in [0.29, 0.717) is 54.0 Å². The summed E-state index contributed by atoms with van der Waals surface area (Å²) >= 11 is 0. The van der Waals surface area contributed by atoms with Gasteiger partial charge in [-0.1, -0.05) is 0 Å². The van der Waals surface area contributed by atoms with E-state index in [2.05, 4.69) is 15.3 Å². The van der Waals surface area contributed by atoms with Crippen molar-refractivity contribution in [3.8, 4) is 11.5 Å². The van der Waals surface area contributed by atoms with Crippen molar-refractivity contribution in [1.29, 1.82) is 0 Å². The maximum Gasteiger partial charge on any atom is 0.419 e. The molecule has 1 aliphatic rings. The Morgan fingerprint density at radius 3 is 2.67 bits per heavy atom. The average molecular weight is 552 g/mol. The summed E-state index contributed by atoms with van der Waals surface area (Å²) in [6.07, 6.45) is -5.26. The van der Waals surface area contributed by atoms with Crippen LogP contribution >= 0.6 is 0 Å². The molecule has 3 aromatic rings. The quantitative estimate of drug-likeness (QED) is 0.327. The Balaban J connectivity index is 1.65. The number of nitrogens with zero attached hydrogens (tertiary/aromatic N) is 3. The number of carbonyl (C=O) groups is 1. The zero-order chi connectivity index (χ0) is 28.5. The van der Waals surface area contributed by atoms with Gasteiger partial charge in [0.25, 0.3) is 0 Å². The van der Waals surface area contributed by atoms with Gasteiger partial charge in [0.05, 0.1) is 37.4 Å². The van der Waals surface area contributed by atoms with Gasteiger partial charge in [-0.05, 0) is 32.0 Å². The van der Waals surface area contributed by atoms with Crippen LogP contribution in [-0.2, 0) is 15.7 Å². The SMILES string of the molecule is COc1cc2nc(C)nc(N[C@H](C)c3cc(N)cc(C(F)(F)F)c3F)c2cc1OC[C@H]1CN(C(C)=O)CCO1. The van der Waals surface area contributed by atoms with Crippen LogP contribution in [0.15, 0.2) is 24.3 Å². The minimum Gasteiger partial charge on any atom is -0.493 e. The number of carbonyl (C=O) groups excluding carboxylic acids is 1. The lowest BCUT2D eigenvalue weighted by atomic mass is 10.0. The molecule has 2 aromatic carbocycles. The fourth-order valence-electron chi connectivity index (χ4n) is 4.40. The normalized spacial score (nSPS) is 16.7. The van der Waals surface area contributed by atoms with E-state index in [0.717, 1.165) is 6.07 Å². The first-order chi connectivity index (χ1) is 18.4. The number of amides is 1. The smallest absolute Gasteiger partial charge is 0.419 e. The van der Waals surface area contributed by atoms with E-state index >= 15 is 0 Å². The zero-order valence-electron chi connectivity index (χ0n) is 21.9. The summed E-state index contributed by atoms with van der Waals surface area (Å²) < 4.78 is 72.1. The first kappa shape index (κ1) is 28.1. The second kappa shape index (κ2) is 11.1. The number of methoxy groups -OCH3 is 1. The fraction of sp³-hybridized carbons (Fsp3) is 0.423. The molecule has 0 unspecified atom stereocenters. The van der Waals surface area contributed by atoms with E-state index in [1.807, 2.05) is 0 Å². The van der Waals surface area contributed by atoms with Gasteiger partial charge in [-0.3, -0.25) is 4.79 Å². The van der Waals surface area contributed by atoms with Crippen molar-refractivity contribution in [1.82, 2.24) is 14.9 Å². The maximum atomic E-state index is 14.9. The summed E-state index contributed by atoms with van der Waals surface area (Å²) in [7, 11) is 1.47. The van der Waals surface area contributed by atoms with Gasteiger partial charge < -0.3 is 30.2 Å². The highest BCUT2D eigenvalue weighted by Gasteiger charge is 2.36. The van der Waals surface area contributed by atoms with E-state index < -0.39 is 23.6 Å². The van der Waals surface area contributed by atoms with Gasteiger partial charge >= 0.3 is 6.18 Å². The molecule has 0 bridgehead atoms. The molecule has 1 aromatic heterocycles. The summed E-state index contributed by atoms with van der Waals surface area (Å²) in [4.78, 5) is 22.2. The van der Waals surface area contributed by atoms with Crippen LogP contribution in [0.1, 0.15) is 36.8 Å². The van der Waals surface area contributed by atoms with Gasteiger partial charge in [-0.15, -0.1) is 0 Å². The van der Waals surface area contributed by atoms with Crippen LogP contribution in [0.4, 0.5) is 29.1 Å². The zero-order valence-corrected chi connectivity index (χ0v) is 21.9. The summed E-state index contributed by atoms with van der Waals surface area (Å²) in [5, 5.41) is 3.47. The number of halogens is 4. The number of aromatic nitrogens is 2. The number of aryl methyl sites for hydroxylation is 1. The topological polar surface area (TPSA) is 112 Å². The molecule has 9 nitrogen and oxygen atoms in total. The molecule has 2 heterocycles. The highest BCUT2D eigenvalue weighted by Crippen LogP contribution is 2.38. The van der Waals surface area contributed by atoms with Crippen molar-refractivity contribution in [2.45, 2.75) is 39.1 Å². The highest BCUT2D eigenvalue weighted by atomic mass is 19.4. The molecule has 1 fully saturated rings. The van der Waals surface area contributed by atoms with Crippen LogP contribution in [0.5, 0.6) is 11.5 Å². The molecular weight excluding hydrogens is 522 g/mol. The summed E-state index contributed by atoms with van der Waals surface area (Å²) in [5.41, 5.74) is 4.21. The molecule has 39 heavy (non-hydrogen) atoms. The Hall–Kier alpha value is -3.87. The second-order valence-corrected chi connectivity index (χ2v) is 9.24. The van der Waals surface area contributed by atoms with Gasteiger partial charge in [0.1, 0.15) is 30.2 Å². The third-order valence-corrected chi connectivity index (χ3v) is 6.35. The highest BCUT2D eigenvalue weighted by molar-refractivity contribution is 5.92. The van der Waals surface area contributed by atoms with Crippen molar-refractivity contribution in [3.05, 3.63) is 47.0 Å². The first-order valence-electron chi connectivity index (χ1n) is 12.2. The number of nitrogens with one attached hydrogen (secondary N) is 1. The number of alkyl halides is 3. The first-order valence-corrected chi connectivity index (χ1v) is 12.2. The third-order valence-electron chi connectivity index (χ3n) is 6.35. The molecule has 3 N–H and O–H groups in total. The number of fused-ring (bicyclic) bond motifs is 1. The van der Waals surface area contributed by atoms with Gasteiger partial charge in [0.2, 0.25) is 5.91 Å². The van der Waals surface area contributed by atoms with Crippen LogP contribution in [0.2, 0.25) is 0 Å². The molecule has 0 radical (unpaired) electrons. The lowest BCUT2D eigenvalue weighted by molar-refractivity contribution is -0.140. The molecule has 1 amide bonds. The molecule has 13 heteroatoms. The fourth-order valence-corrected chi connectivity index (χ4v) is 4.40. The summed E-state index contributed by atoms with van der Waals surface area (Å²) in [6.45, 7) is 6.05. The van der Waals surface area contributed by atoms with Crippen LogP contribution in [0.3, 0.4) is 0 Å². The largest absolute Gasteiger partial charge is 0.493 e. The second-order valence-electron chi connectivity index (χ2n) is 9.24. The number of hydrogen-bond acceptors (Lipinski definition) is 8. The van der Waals surface area contributed by atoms with Crippen LogP contribution in [0.25, 0.3) is 10.9 Å². The van der Waals surface area contributed by atoms with E-state index in [4.69, 9.17) is 19.9 Å². The number of anilines is 2. The number of rotatable bonds is 7. The number of nitrogens with two attached hydrogens (primary N) is 1. The molecule has 4 rings (SSSR count). The van der Waals surface area contributed by atoms with Gasteiger partial charge in [0, 0.05) is 36.2 Å². The van der Waals surface area contributed by atoms with E-state index in [1.54, 1.807) is 24.0 Å². The maximum absolute atomic E-state index is 14.9. The average Bonchev–Trinajstić information content (AvgIpc) is 2.87.